The number of piperidine rings is 1. The van der Waals surface area contributed by atoms with Gasteiger partial charge in [0, 0.05) is 26.3 Å². The van der Waals surface area contributed by atoms with Crippen molar-refractivity contribution in [1.29, 1.82) is 0 Å². The highest BCUT2D eigenvalue weighted by Gasteiger charge is 2.32. The first-order valence-corrected chi connectivity index (χ1v) is 10.7. The third-order valence-electron chi connectivity index (χ3n) is 5.07. The Morgan fingerprint density at radius 1 is 1.04 bits per heavy atom. The first kappa shape index (κ1) is 20.4. The second-order valence-electron chi connectivity index (χ2n) is 7.07. The zero-order valence-corrected chi connectivity index (χ0v) is 15.8. The van der Waals surface area contributed by atoms with E-state index in [9.17, 15) is 21.6 Å². The van der Waals surface area contributed by atoms with Crippen molar-refractivity contribution in [3.05, 3.63) is 29.8 Å². The van der Waals surface area contributed by atoms with E-state index in [0.717, 1.165) is 25.0 Å². The molecule has 0 aromatic heterocycles. The van der Waals surface area contributed by atoms with Gasteiger partial charge in [-0.15, -0.1) is 0 Å². The van der Waals surface area contributed by atoms with E-state index in [1.807, 2.05) is 0 Å². The van der Waals surface area contributed by atoms with Crippen LogP contribution in [-0.2, 0) is 20.9 Å². The molecule has 0 unspecified atom stereocenters. The van der Waals surface area contributed by atoms with E-state index in [2.05, 4.69) is 0 Å². The van der Waals surface area contributed by atoms with Crippen LogP contribution < -0.4 is 4.74 Å². The zero-order valence-electron chi connectivity index (χ0n) is 15.0. The van der Waals surface area contributed by atoms with Crippen molar-refractivity contribution in [3.8, 4) is 5.75 Å². The van der Waals surface area contributed by atoms with Crippen molar-refractivity contribution in [2.75, 3.05) is 32.1 Å². The number of halogens is 3. The fraction of sp³-hybridized carbons (Fsp3) is 0.667. The molecule has 0 atom stereocenters. The highest BCUT2D eigenvalue weighted by atomic mass is 32.2. The predicted molar refractivity (Wildman–Crippen MR) is 94.0 cm³/mol. The maximum atomic E-state index is 12.6. The average molecular weight is 407 g/mol. The van der Waals surface area contributed by atoms with E-state index in [4.69, 9.17) is 9.47 Å². The molecular weight excluding hydrogens is 383 g/mol. The number of ether oxygens (including phenoxy) is 2. The minimum atomic E-state index is -4.37. The first-order chi connectivity index (χ1) is 12.7. The second-order valence-corrected chi connectivity index (χ2v) is 9.09. The van der Waals surface area contributed by atoms with Gasteiger partial charge < -0.3 is 9.47 Å². The molecule has 2 aliphatic rings. The first-order valence-electron chi connectivity index (χ1n) is 9.13. The van der Waals surface area contributed by atoms with Gasteiger partial charge in [0.15, 0.2) is 0 Å². The van der Waals surface area contributed by atoms with E-state index in [-0.39, 0.29) is 17.8 Å². The van der Waals surface area contributed by atoms with Crippen molar-refractivity contribution in [1.82, 2.24) is 4.31 Å². The summed E-state index contributed by atoms with van der Waals surface area (Å²) >= 11 is 0. The van der Waals surface area contributed by atoms with Crippen LogP contribution >= 0.6 is 0 Å². The lowest BCUT2D eigenvalue weighted by atomic mass is 10.0. The summed E-state index contributed by atoms with van der Waals surface area (Å²) in [4.78, 5) is 0. The molecule has 1 aromatic rings. The Kier molecular flexibility index (Phi) is 6.32. The molecule has 3 rings (SSSR count). The lowest BCUT2D eigenvalue weighted by Crippen LogP contribution is -2.44. The molecule has 152 valence electrons. The largest absolute Gasteiger partial charge is 0.490 e. The lowest BCUT2D eigenvalue weighted by Gasteiger charge is -2.33. The standard InChI is InChI=1S/C18H24F3NO4S/c19-18(20,21)15-1-3-16(4-2-15)26-17-5-9-22(10-6-17)27(23,24)13-14-7-11-25-12-8-14/h1-4,14,17H,5-13H2. The SMILES string of the molecule is O=S(=O)(CC1CCOCC1)N1CCC(Oc2ccc(C(F)(F)F)cc2)CC1. The molecule has 5 nitrogen and oxygen atoms in total. The van der Waals surface area contributed by atoms with Crippen molar-refractivity contribution >= 4 is 10.0 Å². The molecule has 2 heterocycles. The molecule has 9 heteroatoms. The predicted octanol–water partition coefficient (Wildman–Crippen LogP) is 3.31. The van der Waals surface area contributed by atoms with Crippen molar-refractivity contribution < 1.29 is 31.1 Å². The van der Waals surface area contributed by atoms with Gasteiger partial charge in [0.25, 0.3) is 0 Å². The van der Waals surface area contributed by atoms with Crippen LogP contribution in [0.2, 0.25) is 0 Å². The summed E-state index contributed by atoms with van der Waals surface area (Å²) in [6, 6.07) is 4.58. The zero-order chi connectivity index (χ0) is 19.5. The molecule has 27 heavy (non-hydrogen) atoms. The number of alkyl halides is 3. The van der Waals surface area contributed by atoms with Gasteiger partial charge >= 0.3 is 6.18 Å². The maximum Gasteiger partial charge on any atom is 0.416 e. The van der Waals surface area contributed by atoms with Crippen molar-refractivity contribution in [2.45, 2.75) is 38.0 Å². The van der Waals surface area contributed by atoms with Crippen molar-refractivity contribution in [3.63, 3.8) is 0 Å². The highest BCUT2D eigenvalue weighted by molar-refractivity contribution is 7.89. The molecule has 0 N–H and O–H groups in total. The van der Waals surface area contributed by atoms with Gasteiger partial charge in [-0.1, -0.05) is 0 Å². The Morgan fingerprint density at radius 3 is 2.19 bits per heavy atom. The monoisotopic (exact) mass is 407 g/mol. The van der Waals surface area contributed by atoms with E-state index in [1.165, 1.54) is 16.4 Å². The molecule has 0 amide bonds. The van der Waals surface area contributed by atoms with Crippen LogP contribution in [0.4, 0.5) is 13.2 Å². The van der Waals surface area contributed by atoms with Gasteiger partial charge in [-0.05, 0) is 55.9 Å². The summed E-state index contributed by atoms with van der Waals surface area (Å²) < 4.78 is 75.5. The summed E-state index contributed by atoms with van der Waals surface area (Å²) in [5.41, 5.74) is -0.719. The number of hydrogen-bond donors (Lipinski definition) is 0. The number of sulfonamides is 1. The van der Waals surface area contributed by atoms with Crippen molar-refractivity contribution in [2.24, 2.45) is 5.92 Å². The normalized spacial score (nSPS) is 21.3. The minimum absolute atomic E-state index is 0.143. The summed E-state index contributed by atoms with van der Waals surface area (Å²) in [7, 11) is -3.30. The molecule has 0 saturated carbocycles. The molecule has 0 radical (unpaired) electrons. The Bertz CT molecular complexity index is 707. The lowest BCUT2D eigenvalue weighted by molar-refractivity contribution is -0.137. The van der Waals surface area contributed by atoms with Gasteiger partial charge in [0.2, 0.25) is 10.0 Å². The van der Waals surface area contributed by atoms with Gasteiger partial charge in [-0.2, -0.15) is 13.2 Å². The second kappa shape index (κ2) is 8.36. The van der Waals surface area contributed by atoms with E-state index >= 15 is 0 Å². The van der Waals surface area contributed by atoms with Crippen LogP contribution in [0.25, 0.3) is 0 Å². The van der Waals surface area contributed by atoms with E-state index < -0.39 is 21.8 Å². The molecule has 2 fully saturated rings. The molecule has 1 aromatic carbocycles. The molecule has 0 bridgehead atoms. The molecule has 0 aliphatic carbocycles. The Morgan fingerprint density at radius 2 is 1.63 bits per heavy atom. The van der Waals surface area contributed by atoms with E-state index in [1.54, 1.807) is 0 Å². The summed E-state index contributed by atoms with van der Waals surface area (Å²) in [5, 5.41) is 0. The fourth-order valence-corrected chi connectivity index (χ4v) is 5.37. The number of benzene rings is 1. The van der Waals surface area contributed by atoms with Gasteiger partial charge in [0.05, 0.1) is 11.3 Å². The molecular formula is C18H24F3NO4S. The Balaban J connectivity index is 1.49. The molecule has 2 aliphatic heterocycles. The van der Waals surface area contributed by atoms with E-state index in [0.29, 0.717) is 44.9 Å². The van der Waals surface area contributed by atoms with Crippen LogP contribution in [0.5, 0.6) is 5.75 Å². The van der Waals surface area contributed by atoms with Gasteiger partial charge in [-0.25, -0.2) is 12.7 Å². The summed E-state index contributed by atoms with van der Waals surface area (Å²) in [6.07, 6.45) is -1.99. The number of hydrogen-bond acceptors (Lipinski definition) is 4. The summed E-state index contributed by atoms with van der Waals surface area (Å²) in [5.74, 6) is 0.664. The van der Waals surface area contributed by atoms with Crippen LogP contribution in [0.1, 0.15) is 31.2 Å². The number of rotatable bonds is 5. The third-order valence-corrected chi connectivity index (χ3v) is 7.11. The van der Waals surface area contributed by atoms with Gasteiger partial charge in [0.1, 0.15) is 11.9 Å². The average Bonchev–Trinajstić information content (AvgIpc) is 2.62. The quantitative estimate of drug-likeness (QED) is 0.752. The van der Waals surface area contributed by atoms with Gasteiger partial charge in [-0.3, -0.25) is 0 Å². The molecule has 2 saturated heterocycles. The smallest absolute Gasteiger partial charge is 0.416 e. The summed E-state index contributed by atoms with van der Waals surface area (Å²) in [6.45, 7) is 1.97. The topological polar surface area (TPSA) is 55.8 Å². The Hall–Kier alpha value is -1.32. The van der Waals surface area contributed by atoms with Crippen LogP contribution in [-0.4, -0.2) is 50.9 Å². The minimum Gasteiger partial charge on any atom is -0.490 e. The maximum absolute atomic E-state index is 12.6. The van der Waals surface area contributed by atoms with Crippen LogP contribution in [0.15, 0.2) is 24.3 Å². The van der Waals surface area contributed by atoms with Crippen LogP contribution in [0.3, 0.4) is 0 Å². The van der Waals surface area contributed by atoms with Crippen LogP contribution in [0, 0.1) is 5.92 Å². The third kappa shape index (κ3) is 5.58. The molecule has 0 spiro atoms. The fourth-order valence-electron chi connectivity index (χ4n) is 3.46. The Labute approximate surface area is 157 Å². The highest BCUT2D eigenvalue weighted by Crippen LogP contribution is 2.31. The number of nitrogens with zero attached hydrogens (tertiary/aromatic N) is 1.